The average Bonchev–Trinajstić information content (AvgIpc) is 2.31. The second-order valence-corrected chi connectivity index (χ2v) is 4.83. The molecule has 0 aromatic rings. The Morgan fingerprint density at radius 2 is 0.526 bits per heavy atom. The normalized spacial score (nSPS) is 8.21. The second-order valence-electron chi connectivity index (χ2n) is 4.83. The quantitative estimate of drug-likeness (QED) is 0.333. The summed E-state index contributed by atoms with van der Waals surface area (Å²) >= 11 is 0. The summed E-state index contributed by atoms with van der Waals surface area (Å²) in [5, 5.41) is 0. The molecule has 0 aliphatic rings. The predicted molar refractivity (Wildman–Crippen MR) is 104 cm³/mol. The molecule has 124 valence electrons. The molecule has 0 nitrogen and oxygen atoms in total. The Hall–Kier alpha value is 0.797. The fourth-order valence-corrected chi connectivity index (χ4v) is 1.71. The van der Waals surface area contributed by atoms with Crippen LogP contribution in [-0.4, -0.2) is 11.0 Å². The number of hydrogen-bond acceptors (Lipinski definition) is 0. The third kappa shape index (κ3) is 45.5. The van der Waals surface area contributed by atoms with E-state index in [0.717, 1.165) is 0 Å². The molecule has 0 aliphatic heterocycles. The summed E-state index contributed by atoms with van der Waals surface area (Å²) in [7, 11) is 0. The summed E-state index contributed by atoms with van der Waals surface area (Å²) in [6.07, 6.45) is 17.0. The van der Waals surface area contributed by atoms with E-state index in [9.17, 15) is 0 Å². The molecule has 0 bridgehead atoms. The van der Waals surface area contributed by atoms with Crippen LogP contribution in [0.2, 0.25) is 0 Å². The van der Waals surface area contributed by atoms with Gasteiger partial charge >= 0.3 is 0 Å². The molecule has 0 fully saturated rings. The molecule has 0 N–H and O–H groups in total. The summed E-state index contributed by atoms with van der Waals surface area (Å²) in [5.41, 5.74) is 0. The topological polar surface area (TPSA) is 0 Å². The highest BCUT2D eigenvalue weighted by atomic mass is 35.5. The van der Waals surface area contributed by atoms with Crippen molar-refractivity contribution in [2.45, 2.75) is 105 Å². The van der Waals surface area contributed by atoms with Crippen molar-refractivity contribution in [3.05, 3.63) is 0 Å². The van der Waals surface area contributed by atoms with Crippen LogP contribution in [0.3, 0.4) is 0 Å². The van der Waals surface area contributed by atoms with Crippen LogP contribution in [0.4, 0.5) is 0 Å². The highest BCUT2D eigenvalue weighted by Gasteiger charge is 1.84. The van der Waals surface area contributed by atoms with E-state index in [-0.39, 0.29) is 35.8 Å². The van der Waals surface area contributed by atoms with Crippen molar-refractivity contribution in [3.63, 3.8) is 0 Å². The van der Waals surface area contributed by atoms with E-state index in [1.165, 1.54) is 77.0 Å². The molecule has 0 saturated heterocycles. The lowest BCUT2D eigenvalue weighted by molar-refractivity contribution is 0.624. The Kier molecular flexibility index (Phi) is 61.1. The summed E-state index contributed by atoms with van der Waals surface area (Å²) in [5.74, 6) is 0. The number of hydrogen-bond donors (Lipinski definition) is 0. The zero-order valence-corrected chi connectivity index (χ0v) is 14.9. The minimum absolute atomic E-state index is 0. The SMILES string of the molecule is CCCCCCCC.CCCCCCCC.Cl.Cl.[SiH4]. The Morgan fingerprint density at radius 3 is 0.632 bits per heavy atom. The fraction of sp³-hybridized carbons (Fsp3) is 1.00. The molecule has 3 heteroatoms. The van der Waals surface area contributed by atoms with Crippen molar-refractivity contribution in [1.82, 2.24) is 0 Å². The molecule has 0 amide bonds. The highest BCUT2D eigenvalue weighted by Crippen LogP contribution is 2.03. The molecule has 0 saturated carbocycles. The molecule has 0 aliphatic carbocycles. The third-order valence-electron chi connectivity index (χ3n) is 2.91. The first-order chi connectivity index (χ1) is 7.83. The zero-order chi connectivity index (χ0) is 12.5. The molecule has 0 spiro atoms. The minimum atomic E-state index is 0. The van der Waals surface area contributed by atoms with Gasteiger partial charge in [0.1, 0.15) is 0 Å². The Bertz CT molecular complexity index is 76.7. The van der Waals surface area contributed by atoms with Gasteiger partial charge in [-0.25, -0.2) is 0 Å². The van der Waals surface area contributed by atoms with Crippen molar-refractivity contribution >= 4 is 35.8 Å². The van der Waals surface area contributed by atoms with E-state index in [0.29, 0.717) is 0 Å². The van der Waals surface area contributed by atoms with Crippen molar-refractivity contribution in [2.75, 3.05) is 0 Å². The van der Waals surface area contributed by atoms with Crippen LogP contribution in [-0.2, 0) is 0 Å². The third-order valence-corrected chi connectivity index (χ3v) is 2.91. The molecule has 0 atom stereocenters. The lowest BCUT2D eigenvalue weighted by atomic mass is 10.1. The first-order valence-electron chi connectivity index (χ1n) is 7.83. The van der Waals surface area contributed by atoms with E-state index in [1.54, 1.807) is 0 Å². The van der Waals surface area contributed by atoms with Gasteiger partial charge in [-0.2, -0.15) is 0 Å². The van der Waals surface area contributed by atoms with Crippen LogP contribution in [0.25, 0.3) is 0 Å². The zero-order valence-electron chi connectivity index (χ0n) is 13.3. The summed E-state index contributed by atoms with van der Waals surface area (Å²) < 4.78 is 0. The van der Waals surface area contributed by atoms with Gasteiger partial charge in [0.2, 0.25) is 0 Å². The molecule has 0 unspecified atom stereocenters. The van der Waals surface area contributed by atoms with Crippen molar-refractivity contribution in [2.24, 2.45) is 0 Å². The Balaban J connectivity index is -0.0000000594. The van der Waals surface area contributed by atoms with E-state index in [2.05, 4.69) is 27.7 Å². The fourth-order valence-electron chi connectivity index (χ4n) is 1.71. The molecular formula is C16H42Cl2Si. The lowest BCUT2D eigenvalue weighted by Gasteiger charge is -1.93. The minimum Gasteiger partial charge on any atom is -0.147 e. The lowest BCUT2D eigenvalue weighted by Crippen LogP contribution is -1.73. The summed E-state index contributed by atoms with van der Waals surface area (Å²) in [6.45, 7) is 9.02. The monoisotopic (exact) mass is 332 g/mol. The van der Waals surface area contributed by atoms with Gasteiger partial charge in [0.05, 0.1) is 0 Å². The summed E-state index contributed by atoms with van der Waals surface area (Å²) in [4.78, 5) is 0. The van der Waals surface area contributed by atoms with Gasteiger partial charge in [-0.05, 0) is 11.0 Å². The molecular weight excluding hydrogens is 291 g/mol. The van der Waals surface area contributed by atoms with Crippen LogP contribution in [0.5, 0.6) is 0 Å². The van der Waals surface area contributed by atoms with Gasteiger partial charge in [0.25, 0.3) is 0 Å². The largest absolute Gasteiger partial charge is 0.147 e. The molecule has 19 heavy (non-hydrogen) atoms. The van der Waals surface area contributed by atoms with Gasteiger partial charge in [-0.1, -0.05) is 105 Å². The van der Waals surface area contributed by atoms with E-state index >= 15 is 0 Å². The Labute approximate surface area is 140 Å². The van der Waals surface area contributed by atoms with Crippen molar-refractivity contribution in [3.8, 4) is 0 Å². The van der Waals surface area contributed by atoms with Gasteiger partial charge in [-0.15, -0.1) is 24.8 Å². The first-order valence-corrected chi connectivity index (χ1v) is 7.83. The standard InChI is InChI=1S/2C8H18.2ClH.H4Si/c2*1-3-5-7-8-6-4-2;;;/h2*3-8H2,1-2H3;2*1H;1H4. The van der Waals surface area contributed by atoms with Crippen molar-refractivity contribution < 1.29 is 0 Å². The highest BCUT2D eigenvalue weighted by molar-refractivity contribution is 5.85. The molecule has 0 rings (SSSR count). The second kappa shape index (κ2) is 36.4. The van der Waals surface area contributed by atoms with Gasteiger partial charge in [0, 0.05) is 0 Å². The van der Waals surface area contributed by atoms with Crippen LogP contribution in [0.1, 0.15) is 105 Å². The maximum absolute atomic E-state index is 2.26. The van der Waals surface area contributed by atoms with Crippen molar-refractivity contribution in [1.29, 1.82) is 0 Å². The molecule has 0 radical (unpaired) electrons. The van der Waals surface area contributed by atoms with Crippen LogP contribution < -0.4 is 0 Å². The molecule has 0 aromatic heterocycles. The van der Waals surface area contributed by atoms with Gasteiger partial charge < -0.3 is 0 Å². The number of rotatable bonds is 10. The number of unbranched alkanes of at least 4 members (excludes halogenated alkanes) is 10. The molecule has 0 heterocycles. The maximum atomic E-state index is 2.26. The summed E-state index contributed by atoms with van der Waals surface area (Å²) in [6, 6.07) is 0. The van der Waals surface area contributed by atoms with Crippen LogP contribution in [0, 0.1) is 0 Å². The maximum Gasteiger partial charge on any atom is -0.0149 e. The van der Waals surface area contributed by atoms with E-state index in [1.807, 2.05) is 0 Å². The van der Waals surface area contributed by atoms with Crippen LogP contribution >= 0.6 is 24.8 Å². The predicted octanol–water partition coefficient (Wildman–Crippen LogP) is 6.13. The van der Waals surface area contributed by atoms with E-state index in [4.69, 9.17) is 0 Å². The van der Waals surface area contributed by atoms with Crippen LogP contribution in [0.15, 0.2) is 0 Å². The molecule has 0 aromatic carbocycles. The smallest absolute Gasteiger partial charge is 0.0149 e. The van der Waals surface area contributed by atoms with Gasteiger partial charge in [0.15, 0.2) is 0 Å². The van der Waals surface area contributed by atoms with E-state index < -0.39 is 0 Å². The average molecular weight is 334 g/mol. The number of halogens is 2. The Morgan fingerprint density at radius 1 is 0.368 bits per heavy atom. The van der Waals surface area contributed by atoms with Gasteiger partial charge in [-0.3, -0.25) is 0 Å². The first kappa shape index (κ1) is 31.9.